The lowest BCUT2D eigenvalue weighted by molar-refractivity contribution is -0.113. The third-order valence-electron chi connectivity index (χ3n) is 5.47. The van der Waals surface area contributed by atoms with Crippen LogP contribution in [0.5, 0.6) is 0 Å². The molecule has 0 radical (unpaired) electrons. The molecule has 1 amide bonds. The van der Waals surface area contributed by atoms with E-state index >= 15 is 0 Å². The number of fused-ring (bicyclic) bond motifs is 1. The Morgan fingerprint density at radius 1 is 1.18 bits per heavy atom. The number of hydrogen-bond donors (Lipinski definition) is 1. The van der Waals surface area contributed by atoms with Gasteiger partial charge in [-0.1, -0.05) is 42.0 Å². The summed E-state index contributed by atoms with van der Waals surface area (Å²) in [5.41, 5.74) is 0.619. The highest BCUT2D eigenvalue weighted by Gasteiger charge is 2.30. The smallest absolute Gasteiger partial charge is 0.282 e. The zero-order valence-corrected chi connectivity index (χ0v) is 19.7. The first-order chi connectivity index (χ1) is 16.0. The molecule has 0 atom stereocenters. The van der Waals surface area contributed by atoms with Gasteiger partial charge in [-0.05, 0) is 30.7 Å². The first-order valence-electron chi connectivity index (χ1n) is 10.2. The van der Waals surface area contributed by atoms with Crippen LogP contribution in [0.2, 0.25) is 5.02 Å². The molecule has 0 aliphatic heterocycles. The molecule has 0 saturated carbocycles. The van der Waals surface area contributed by atoms with Crippen molar-refractivity contribution in [1.82, 2.24) is 9.29 Å². The molecule has 4 rings (SSSR count). The Balaban J connectivity index is 2.07. The van der Waals surface area contributed by atoms with Gasteiger partial charge in [0.1, 0.15) is 5.69 Å². The molecule has 1 N–H and O–H groups in total. The Kier molecular flexibility index (Phi) is 6.18. The number of nitrogens with zero attached hydrogens (tertiary/aromatic N) is 1. The predicted octanol–water partition coefficient (Wildman–Crippen LogP) is 4.53. The zero-order valence-electron chi connectivity index (χ0n) is 18.2. The van der Waals surface area contributed by atoms with Gasteiger partial charge in [-0.15, -0.1) is 0 Å². The predicted molar refractivity (Wildman–Crippen MR) is 126 cm³/mol. The second kappa shape index (κ2) is 8.81. The van der Waals surface area contributed by atoms with Crippen LogP contribution in [-0.2, 0) is 21.4 Å². The average molecular weight is 505 g/mol. The van der Waals surface area contributed by atoms with E-state index in [2.05, 4.69) is 0 Å². The van der Waals surface area contributed by atoms with Gasteiger partial charge in [-0.3, -0.25) is 9.59 Å². The first kappa shape index (κ1) is 23.8. The molecule has 1 aliphatic rings. The molecule has 0 saturated heterocycles. The molecule has 1 aliphatic carbocycles. The van der Waals surface area contributed by atoms with Crippen LogP contribution in [0.25, 0.3) is 16.5 Å². The molecule has 10 heteroatoms. The molecule has 6 nitrogen and oxygen atoms in total. The van der Waals surface area contributed by atoms with Gasteiger partial charge in [0.25, 0.3) is 5.91 Å². The van der Waals surface area contributed by atoms with E-state index in [1.165, 1.54) is 29.7 Å². The van der Waals surface area contributed by atoms with Gasteiger partial charge >= 0.3 is 0 Å². The number of carbonyl (C=O) groups is 2. The summed E-state index contributed by atoms with van der Waals surface area (Å²) in [6.07, 6.45) is 5.73. The largest absolute Gasteiger partial charge is 0.331 e. The number of aryl methyl sites for hydroxylation is 1. The summed E-state index contributed by atoms with van der Waals surface area (Å²) in [6, 6.07) is 7.46. The fraction of sp³-hybridized carbons (Fsp3) is 0.167. The number of nitrogens with one attached hydrogen (secondary N) is 1. The van der Waals surface area contributed by atoms with E-state index in [0.717, 1.165) is 6.26 Å². The third kappa shape index (κ3) is 4.41. The van der Waals surface area contributed by atoms with Crippen molar-refractivity contribution in [3.63, 3.8) is 0 Å². The van der Waals surface area contributed by atoms with E-state index in [9.17, 15) is 26.8 Å². The standard InChI is InChI=1S/C24H19ClF2N2O4S/c1-13-7-8-14(22(27)21(13)26)12-29-18-10-9-15(25)11-17(18)20(16-5-3-4-6-19(16)30)23(29)24(31)28-34(2,32)33/h3-5,7-11H,6,12H2,1-2H3,(H,28,31). The van der Waals surface area contributed by atoms with Crippen LogP contribution in [0.3, 0.4) is 0 Å². The summed E-state index contributed by atoms with van der Waals surface area (Å²) in [7, 11) is -3.98. The van der Waals surface area contributed by atoms with Crippen molar-refractivity contribution in [2.45, 2.75) is 19.9 Å². The lowest BCUT2D eigenvalue weighted by Gasteiger charge is -2.15. The van der Waals surface area contributed by atoms with Crippen LogP contribution in [-0.4, -0.2) is 30.9 Å². The second-order valence-corrected chi connectivity index (χ2v) is 10.2. The number of halogens is 3. The Morgan fingerprint density at radius 2 is 1.91 bits per heavy atom. The van der Waals surface area contributed by atoms with Crippen LogP contribution in [0, 0.1) is 18.6 Å². The van der Waals surface area contributed by atoms with Crippen LogP contribution >= 0.6 is 11.6 Å². The maximum absolute atomic E-state index is 14.8. The number of rotatable bonds is 5. The van der Waals surface area contributed by atoms with Gasteiger partial charge in [0.2, 0.25) is 10.0 Å². The number of allylic oxidation sites excluding steroid dienone is 4. The molecule has 0 bridgehead atoms. The molecule has 3 aromatic rings. The SMILES string of the molecule is Cc1ccc(Cn2c(C(=O)NS(C)(=O)=O)c(C3=CC=CCC3=O)c3cc(Cl)ccc32)c(F)c1F. The van der Waals surface area contributed by atoms with Crippen molar-refractivity contribution in [1.29, 1.82) is 0 Å². The van der Waals surface area contributed by atoms with E-state index in [1.54, 1.807) is 30.4 Å². The van der Waals surface area contributed by atoms with Crippen molar-refractivity contribution < 1.29 is 26.8 Å². The lowest BCUT2D eigenvalue weighted by Crippen LogP contribution is -2.32. The van der Waals surface area contributed by atoms with Crippen molar-refractivity contribution in [2.24, 2.45) is 0 Å². The van der Waals surface area contributed by atoms with Gasteiger partial charge in [0.05, 0.1) is 12.8 Å². The van der Waals surface area contributed by atoms with Gasteiger partial charge in [0.15, 0.2) is 17.4 Å². The maximum Gasteiger partial charge on any atom is 0.282 e. The van der Waals surface area contributed by atoms with E-state index < -0.39 is 27.6 Å². The summed E-state index contributed by atoms with van der Waals surface area (Å²) in [6.45, 7) is 1.12. The molecular formula is C24H19ClF2N2O4S. The summed E-state index contributed by atoms with van der Waals surface area (Å²) in [5, 5.41) is 0.710. The van der Waals surface area contributed by atoms with E-state index in [1.807, 2.05) is 4.72 Å². The second-order valence-electron chi connectivity index (χ2n) is 7.98. The minimum Gasteiger partial charge on any atom is -0.331 e. The van der Waals surface area contributed by atoms with Crippen LogP contribution < -0.4 is 4.72 Å². The Bertz CT molecular complexity index is 1540. The lowest BCUT2D eigenvalue weighted by atomic mass is 9.93. The highest BCUT2D eigenvalue weighted by molar-refractivity contribution is 7.89. The van der Waals surface area contributed by atoms with Crippen LogP contribution in [0.1, 0.15) is 33.6 Å². The minimum atomic E-state index is -3.98. The van der Waals surface area contributed by atoms with E-state index in [4.69, 9.17) is 11.6 Å². The average Bonchev–Trinajstić information content (AvgIpc) is 3.06. The molecule has 0 fully saturated rings. The van der Waals surface area contributed by atoms with Gasteiger partial charge in [0, 0.05) is 39.0 Å². The monoisotopic (exact) mass is 504 g/mol. The van der Waals surface area contributed by atoms with Crippen molar-refractivity contribution >= 4 is 49.8 Å². The number of hydrogen-bond acceptors (Lipinski definition) is 4. The zero-order chi connectivity index (χ0) is 24.8. The summed E-state index contributed by atoms with van der Waals surface area (Å²) < 4.78 is 56.1. The Morgan fingerprint density at radius 3 is 2.59 bits per heavy atom. The van der Waals surface area contributed by atoms with E-state index in [0.29, 0.717) is 15.9 Å². The molecular weight excluding hydrogens is 486 g/mol. The number of Topliss-reactive ketones (excluding diaryl/α,β-unsaturated/α-hetero) is 1. The Hall–Kier alpha value is -3.30. The van der Waals surface area contributed by atoms with Crippen LogP contribution in [0.15, 0.2) is 48.6 Å². The van der Waals surface area contributed by atoms with E-state index in [-0.39, 0.29) is 46.7 Å². The quantitative estimate of drug-likeness (QED) is 0.553. The number of amides is 1. The molecule has 0 unspecified atom stereocenters. The fourth-order valence-corrected chi connectivity index (χ4v) is 4.57. The first-order valence-corrected chi connectivity index (χ1v) is 12.4. The highest BCUT2D eigenvalue weighted by Crippen LogP contribution is 2.36. The molecule has 34 heavy (non-hydrogen) atoms. The molecule has 2 aromatic carbocycles. The third-order valence-corrected chi connectivity index (χ3v) is 6.27. The van der Waals surface area contributed by atoms with Gasteiger partial charge < -0.3 is 4.57 Å². The molecule has 0 spiro atoms. The van der Waals surface area contributed by atoms with Crippen LogP contribution in [0.4, 0.5) is 8.78 Å². The Labute approximate surface area is 199 Å². The normalized spacial score (nSPS) is 13.9. The number of ketones is 1. The van der Waals surface area contributed by atoms with Gasteiger partial charge in [-0.25, -0.2) is 21.9 Å². The molecule has 1 heterocycles. The highest BCUT2D eigenvalue weighted by atomic mass is 35.5. The number of aromatic nitrogens is 1. The molecule has 176 valence electrons. The summed E-state index contributed by atoms with van der Waals surface area (Å²) in [4.78, 5) is 26.0. The maximum atomic E-state index is 14.8. The number of sulfonamides is 1. The van der Waals surface area contributed by atoms with Crippen molar-refractivity contribution in [3.05, 3.63) is 87.6 Å². The van der Waals surface area contributed by atoms with Gasteiger partial charge in [-0.2, -0.15) is 0 Å². The number of benzene rings is 2. The minimum absolute atomic E-state index is 0.0567. The summed E-state index contributed by atoms with van der Waals surface area (Å²) in [5.74, 6) is -3.40. The van der Waals surface area contributed by atoms with Crippen molar-refractivity contribution in [2.75, 3.05) is 6.26 Å². The summed E-state index contributed by atoms with van der Waals surface area (Å²) >= 11 is 6.20. The van der Waals surface area contributed by atoms with Crippen molar-refractivity contribution in [3.8, 4) is 0 Å². The fourth-order valence-electron chi connectivity index (χ4n) is 3.96. The topological polar surface area (TPSA) is 85.2 Å². The molecule has 1 aromatic heterocycles. The number of carbonyl (C=O) groups excluding carboxylic acids is 2.